The van der Waals surface area contributed by atoms with Gasteiger partial charge in [0.2, 0.25) is 0 Å². The van der Waals surface area contributed by atoms with E-state index in [4.69, 9.17) is 4.74 Å². The van der Waals surface area contributed by atoms with Crippen LogP contribution in [0, 0.1) is 13.8 Å². The van der Waals surface area contributed by atoms with Gasteiger partial charge in [0.15, 0.2) is 0 Å². The lowest BCUT2D eigenvalue weighted by Crippen LogP contribution is -2.00. The first kappa shape index (κ1) is 21.3. The number of ether oxygens (including phenoxy) is 1. The van der Waals surface area contributed by atoms with Crippen LogP contribution in [0.15, 0.2) is 67.0 Å². The minimum Gasteiger partial charge on any atom is -0.488 e. The van der Waals surface area contributed by atoms with Crippen LogP contribution in [0.3, 0.4) is 0 Å². The number of allylic oxidation sites excluding steroid dienone is 1. The summed E-state index contributed by atoms with van der Waals surface area (Å²) in [5.74, 6) is -0.263. The van der Waals surface area contributed by atoms with E-state index in [2.05, 4.69) is 47.7 Å². The van der Waals surface area contributed by atoms with Crippen molar-refractivity contribution in [2.75, 3.05) is 0 Å². The molecule has 6 heteroatoms. The van der Waals surface area contributed by atoms with Gasteiger partial charge in [-0.25, -0.2) is 9.78 Å². The molecule has 0 bridgehead atoms. The zero-order chi connectivity index (χ0) is 21.5. The summed E-state index contributed by atoms with van der Waals surface area (Å²) in [7, 11) is 0. The molecule has 32 heavy (non-hydrogen) atoms. The van der Waals surface area contributed by atoms with E-state index in [-0.39, 0.29) is 11.0 Å². The normalized spacial score (nSPS) is 13.6. The summed E-state index contributed by atoms with van der Waals surface area (Å²) in [5.41, 5.74) is 8.64. The molecule has 0 fully saturated rings. The molecule has 0 atom stereocenters. The summed E-state index contributed by atoms with van der Waals surface area (Å²) >= 11 is 0. The van der Waals surface area contributed by atoms with Gasteiger partial charge in [-0.15, -0.1) is 0 Å². The number of rotatable bonds is 3. The third kappa shape index (κ3) is 3.65. The van der Waals surface area contributed by atoms with Crippen molar-refractivity contribution in [1.29, 1.82) is 0 Å². The Morgan fingerprint density at radius 2 is 1.88 bits per heavy atom. The molecule has 0 aliphatic carbocycles. The Balaban J connectivity index is 0.00000245. The number of hydrogen-bond acceptors (Lipinski definition) is 3. The number of hydrogen-bond donors (Lipinski definition) is 1. The summed E-state index contributed by atoms with van der Waals surface area (Å²) in [4.78, 5) is 16.2. The highest BCUT2D eigenvalue weighted by molar-refractivity contribution is 5.92. The van der Waals surface area contributed by atoms with Crippen LogP contribution in [0.25, 0.3) is 16.6 Å². The highest BCUT2D eigenvalue weighted by Crippen LogP contribution is 2.37. The Morgan fingerprint density at radius 1 is 1.09 bits per heavy atom. The third-order valence-electron chi connectivity index (χ3n) is 5.94. The van der Waals surface area contributed by atoms with Gasteiger partial charge in [0.05, 0.1) is 22.9 Å². The third-order valence-corrected chi connectivity index (χ3v) is 5.94. The van der Waals surface area contributed by atoms with E-state index in [1.807, 2.05) is 24.5 Å². The second-order valence-corrected chi connectivity index (χ2v) is 7.90. The summed E-state index contributed by atoms with van der Waals surface area (Å²) < 4.78 is 8.14. The SMILES string of the molecule is Cc1cc2ncn(CC=C3c4ccccc4COc4ccc(C(=O)O)cc43)c2cc1C.O. The van der Waals surface area contributed by atoms with E-state index in [1.54, 1.807) is 18.2 Å². The van der Waals surface area contributed by atoms with Crippen molar-refractivity contribution in [2.45, 2.75) is 27.0 Å². The van der Waals surface area contributed by atoms with Gasteiger partial charge in [-0.05, 0) is 72.0 Å². The molecule has 5 rings (SSSR count). The molecule has 6 nitrogen and oxygen atoms in total. The molecule has 0 radical (unpaired) electrons. The highest BCUT2D eigenvalue weighted by atomic mass is 16.5. The van der Waals surface area contributed by atoms with Gasteiger partial charge in [0, 0.05) is 12.1 Å². The molecule has 0 saturated carbocycles. The Labute approximate surface area is 185 Å². The van der Waals surface area contributed by atoms with Gasteiger partial charge >= 0.3 is 5.97 Å². The van der Waals surface area contributed by atoms with E-state index in [0.29, 0.717) is 18.9 Å². The molecule has 162 valence electrons. The largest absolute Gasteiger partial charge is 0.488 e. The molecular formula is C26H24N2O4. The van der Waals surface area contributed by atoms with Crippen molar-refractivity contribution in [3.8, 4) is 5.75 Å². The molecule has 3 aromatic carbocycles. The molecule has 1 aliphatic heterocycles. The zero-order valence-corrected chi connectivity index (χ0v) is 17.9. The first-order valence-electron chi connectivity index (χ1n) is 10.2. The van der Waals surface area contributed by atoms with Crippen molar-refractivity contribution >= 4 is 22.6 Å². The van der Waals surface area contributed by atoms with Crippen molar-refractivity contribution in [3.05, 3.63) is 100 Å². The van der Waals surface area contributed by atoms with Crippen LogP contribution < -0.4 is 4.74 Å². The second-order valence-electron chi connectivity index (χ2n) is 7.90. The minimum atomic E-state index is -0.953. The number of aromatic carboxylic acids is 1. The lowest BCUT2D eigenvalue weighted by molar-refractivity contribution is 0.0697. The van der Waals surface area contributed by atoms with Crippen molar-refractivity contribution < 1.29 is 20.1 Å². The van der Waals surface area contributed by atoms with Gasteiger partial charge in [-0.2, -0.15) is 0 Å². The van der Waals surface area contributed by atoms with Gasteiger partial charge in [0.1, 0.15) is 12.4 Å². The predicted molar refractivity (Wildman–Crippen MR) is 124 cm³/mol. The zero-order valence-electron chi connectivity index (χ0n) is 17.9. The maximum absolute atomic E-state index is 11.6. The predicted octanol–water partition coefficient (Wildman–Crippen LogP) is 4.55. The Bertz CT molecular complexity index is 1370. The summed E-state index contributed by atoms with van der Waals surface area (Å²) in [6.07, 6.45) is 3.99. The van der Waals surface area contributed by atoms with E-state index >= 15 is 0 Å². The number of benzene rings is 3. The molecule has 3 N–H and O–H groups in total. The fourth-order valence-corrected chi connectivity index (χ4v) is 4.08. The van der Waals surface area contributed by atoms with Crippen LogP contribution in [0.4, 0.5) is 0 Å². The number of imidazole rings is 1. The lowest BCUT2D eigenvalue weighted by atomic mass is 9.93. The van der Waals surface area contributed by atoms with E-state index in [9.17, 15) is 9.90 Å². The standard InChI is InChI=1S/C26H22N2O3.H2O/c1-16-11-23-24(12-17(16)2)28(15-27-23)10-9-21-20-6-4-3-5-19(20)14-31-25-8-7-18(26(29)30)13-22(21)25;/h3-9,11-13,15H,10,14H2,1-2H3,(H,29,30);1H2. The van der Waals surface area contributed by atoms with E-state index in [1.165, 1.54) is 11.1 Å². The maximum Gasteiger partial charge on any atom is 0.335 e. The second kappa shape index (κ2) is 8.32. The molecule has 0 saturated heterocycles. The maximum atomic E-state index is 11.6. The average molecular weight is 428 g/mol. The molecular weight excluding hydrogens is 404 g/mol. The minimum absolute atomic E-state index is 0. The van der Waals surface area contributed by atoms with Crippen LogP contribution in [0.1, 0.15) is 38.2 Å². The average Bonchev–Trinajstić information content (AvgIpc) is 3.07. The molecule has 0 unspecified atom stereocenters. The van der Waals surface area contributed by atoms with Crippen molar-refractivity contribution in [1.82, 2.24) is 9.55 Å². The fourth-order valence-electron chi connectivity index (χ4n) is 4.08. The van der Waals surface area contributed by atoms with Gasteiger partial charge in [-0.3, -0.25) is 0 Å². The molecule has 2 heterocycles. The number of carboxylic acid groups (broad SMARTS) is 1. The van der Waals surface area contributed by atoms with Crippen LogP contribution in [0.5, 0.6) is 5.75 Å². The molecule has 0 spiro atoms. The topological polar surface area (TPSA) is 95.9 Å². The van der Waals surface area contributed by atoms with Crippen molar-refractivity contribution in [2.24, 2.45) is 0 Å². The molecule has 4 aromatic rings. The summed E-state index contributed by atoms with van der Waals surface area (Å²) in [5, 5.41) is 9.51. The summed E-state index contributed by atoms with van der Waals surface area (Å²) in [6, 6.07) is 17.4. The Kier molecular flexibility index (Phi) is 5.55. The van der Waals surface area contributed by atoms with E-state index in [0.717, 1.165) is 33.3 Å². The Hall–Kier alpha value is -3.90. The number of aromatic nitrogens is 2. The lowest BCUT2D eigenvalue weighted by Gasteiger charge is -2.12. The quantitative estimate of drug-likeness (QED) is 0.518. The Morgan fingerprint density at radius 3 is 2.69 bits per heavy atom. The smallest absolute Gasteiger partial charge is 0.335 e. The molecule has 1 aromatic heterocycles. The van der Waals surface area contributed by atoms with Gasteiger partial charge in [-0.1, -0.05) is 30.3 Å². The number of carbonyl (C=O) groups is 1. The molecule has 1 aliphatic rings. The number of nitrogens with zero attached hydrogens (tertiary/aromatic N) is 2. The van der Waals surface area contributed by atoms with Crippen molar-refractivity contribution in [3.63, 3.8) is 0 Å². The first-order chi connectivity index (χ1) is 15.0. The van der Waals surface area contributed by atoms with Gasteiger partial charge < -0.3 is 19.9 Å². The van der Waals surface area contributed by atoms with Crippen LogP contribution in [-0.4, -0.2) is 26.1 Å². The monoisotopic (exact) mass is 428 g/mol. The van der Waals surface area contributed by atoms with E-state index < -0.39 is 5.97 Å². The number of carboxylic acids is 1. The summed E-state index contributed by atoms with van der Waals surface area (Å²) in [6.45, 7) is 5.25. The number of aryl methyl sites for hydroxylation is 2. The van der Waals surface area contributed by atoms with Crippen LogP contribution >= 0.6 is 0 Å². The number of fused-ring (bicyclic) bond motifs is 3. The van der Waals surface area contributed by atoms with Crippen LogP contribution in [0.2, 0.25) is 0 Å². The first-order valence-corrected chi connectivity index (χ1v) is 10.2. The molecule has 0 amide bonds. The fraction of sp³-hybridized carbons (Fsp3) is 0.154. The van der Waals surface area contributed by atoms with Crippen LogP contribution in [-0.2, 0) is 13.2 Å². The van der Waals surface area contributed by atoms with Gasteiger partial charge in [0.25, 0.3) is 0 Å². The highest BCUT2D eigenvalue weighted by Gasteiger charge is 2.20.